The first kappa shape index (κ1) is 16.9. The van der Waals surface area contributed by atoms with E-state index in [-0.39, 0.29) is 17.9 Å². The number of likely N-dealkylation sites (tertiary alicyclic amines) is 1. The summed E-state index contributed by atoms with van der Waals surface area (Å²) in [5, 5.41) is 3.81. The van der Waals surface area contributed by atoms with Crippen molar-refractivity contribution in [3.05, 3.63) is 0 Å². The van der Waals surface area contributed by atoms with Crippen LogP contribution in [0.4, 0.5) is 4.79 Å². The number of amides is 1. The molecule has 2 rings (SSSR count). The normalized spacial score (nSPS) is 20.4. The van der Waals surface area contributed by atoms with Crippen molar-refractivity contribution in [3.8, 4) is 0 Å². The summed E-state index contributed by atoms with van der Waals surface area (Å²) in [5.74, 6) is -0.554. The molecular formula is C14H21ClN2O5. The van der Waals surface area contributed by atoms with Crippen LogP contribution in [0.25, 0.3) is 0 Å². The molecule has 0 radical (unpaired) electrons. The Bertz CT molecular complexity index is 478. The predicted octanol–water partition coefficient (Wildman–Crippen LogP) is 2.27. The minimum atomic E-state index is -0.554. The summed E-state index contributed by atoms with van der Waals surface area (Å²) in [7, 11) is 0. The maximum absolute atomic E-state index is 12.0. The number of carbonyl (C=O) groups is 2. The van der Waals surface area contributed by atoms with Crippen LogP contribution in [0.2, 0.25) is 0 Å². The highest BCUT2D eigenvalue weighted by molar-refractivity contribution is 6.37. The summed E-state index contributed by atoms with van der Waals surface area (Å²) in [6, 6.07) is -0.211. The first-order valence-electron chi connectivity index (χ1n) is 7.21. The quantitative estimate of drug-likeness (QED) is 0.572. The van der Waals surface area contributed by atoms with Crippen LogP contribution >= 0.6 is 11.6 Å². The molecule has 1 fully saturated rings. The van der Waals surface area contributed by atoms with Gasteiger partial charge >= 0.3 is 12.1 Å². The average Bonchev–Trinajstić information content (AvgIpc) is 2.82. The molecule has 0 aliphatic carbocycles. The van der Waals surface area contributed by atoms with Gasteiger partial charge in [0, 0.05) is 32.4 Å². The minimum absolute atomic E-state index is 0.211. The molecule has 0 bridgehead atoms. The Labute approximate surface area is 134 Å². The standard InChI is InChI=1S/C14H21ClN2O5/c1-13(2,3)21-12(19)17-6-4-14(5-7-17)8-10(16-22-14)11(18)20-9-15/h4-9H2,1-3H3. The number of nitrogens with zero attached hydrogens (tertiary/aromatic N) is 2. The van der Waals surface area contributed by atoms with E-state index >= 15 is 0 Å². The van der Waals surface area contributed by atoms with Crippen LogP contribution in [0.5, 0.6) is 0 Å². The third-order valence-corrected chi connectivity index (χ3v) is 3.70. The summed E-state index contributed by atoms with van der Waals surface area (Å²) in [4.78, 5) is 30.7. The Kier molecular flexibility index (Phi) is 4.84. The molecule has 0 saturated carbocycles. The number of alkyl halides is 1. The van der Waals surface area contributed by atoms with E-state index in [9.17, 15) is 9.59 Å². The van der Waals surface area contributed by atoms with Gasteiger partial charge < -0.3 is 19.2 Å². The van der Waals surface area contributed by atoms with Crippen molar-refractivity contribution < 1.29 is 23.9 Å². The van der Waals surface area contributed by atoms with Gasteiger partial charge in [-0.15, -0.1) is 0 Å². The van der Waals surface area contributed by atoms with Crippen molar-refractivity contribution in [1.29, 1.82) is 0 Å². The molecule has 0 unspecified atom stereocenters. The number of rotatable bonds is 2. The van der Waals surface area contributed by atoms with Crippen LogP contribution in [0.1, 0.15) is 40.0 Å². The molecule has 1 amide bonds. The van der Waals surface area contributed by atoms with Gasteiger partial charge in [-0.3, -0.25) is 0 Å². The Balaban J connectivity index is 1.86. The van der Waals surface area contributed by atoms with E-state index in [4.69, 9.17) is 25.9 Å². The van der Waals surface area contributed by atoms with Gasteiger partial charge in [0.05, 0.1) is 0 Å². The number of piperidine rings is 1. The molecule has 2 aliphatic heterocycles. The SMILES string of the molecule is CC(C)(C)OC(=O)N1CCC2(CC1)CC(C(=O)OCCl)=NO2. The van der Waals surface area contributed by atoms with E-state index in [0.29, 0.717) is 32.4 Å². The molecule has 7 nitrogen and oxygen atoms in total. The molecule has 2 heterocycles. The van der Waals surface area contributed by atoms with Crippen LogP contribution < -0.4 is 0 Å². The van der Waals surface area contributed by atoms with E-state index in [0.717, 1.165) is 0 Å². The molecule has 2 aliphatic rings. The Morgan fingerprint density at radius 2 is 2.00 bits per heavy atom. The van der Waals surface area contributed by atoms with Crippen molar-refractivity contribution in [2.75, 3.05) is 19.2 Å². The van der Waals surface area contributed by atoms with Crippen molar-refractivity contribution >= 4 is 29.4 Å². The van der Waals surface area contributed by atoms with Gasteiger partial charge in [-0.2, -0.15) is 0 Å². The topological polar surface area (TPSA) is 77.4 Å². The maximum Gasteiger partial charge on any atom is 0.410 e. The molecule has 0 aromatic carbocycles. The number of ether oxygens (including phenoxy) is 2. The second-order valence-corrected chi connectivity index (χ2v) is 6.72. The molecule has 124 valence electrons. The summed E-state index contributed by atoms with van der Waals surface area (Å²) >= 11 is 5.36. The van der Waals surface area contributed by atoms with Crippen molar-refractivity contribution in [2.45, 2.75) is 51.2 Å². The molecule has 0 atom stereocenters. The molecule has 0 N–H and O–H groups in total. The third kappa shape index (κ3) is 4.03. The summed E-state index contributed by atoms with van der Waals surface area (Å²) in [5.41, 5.74) is -0.803. The van der Waals surface area contributed by atoms with E-state index < -0.39 is 17.2 Å². The lowest BCUT2D eigenvalue weighted by atomic mass is 9.87. The molecule has 0 aromatic rings. The zero-order valence-electron chi connectivity index (χ0n) is 13.1. The summed E-state index contributed by atoms with van der Waals surface area (Å²) in [6.07, 6.45) is 1.23. The van der Waals surface area contributed by atoms with Crippen molar-refractivity contribution in [2.24, 2.45) is 5.16 Å². The molecule has 1 saturated heterocycles. The van der Waals surface area contributed by atoms with Crippen LogP contribution in [-0.4, -0.2) is 53.0 Å². The molecular weight excluding hydrogens is 312 g/mol. The largest absolute Gasteiger partial charge is 0.445 e. The van der Waals surface area contributed by atoms with E-state index in [2.05, 4.69) is 5.16 Å². The summed E-state index contributed by atoms with van der Waals surface area (Å²) in [6.45, 7) is 6.50. The Hall–Kier alpha value is -1.50. The highest BCUT2D eigenvalue weighted by atomic mass is 35.5. The molecule has 1 spiro atoms. The van der Waals surface area contributed by atoms with Gasteiger partial charge in [0.2, 0.25) is 0 Å². The smallest absolute Gasteiger partial charge is 0.410 e. The molecule has 22 heavy (non-hydrogen) atoms. The van der Waals surface area contributed by atoms with Crippen molar-refractivity contribution in [1.82, 2.24) is 4.90 Å². The number of oxime groups is 1. The fraction of sp³-hybridized carbons (Fsp3) is 0.786. The first-order valence-corrected chi connectivity index (χ1v) is 7.74. The zero-order chi connectivity index (χ0) is 16.4. The molecule has 0 aromatic heterocycles. The van der Waals surface area contributed by atoms with Gasteiger partial charge in [-0.1, -0.05) is 16.8 Å². The van der Waals surface area contributed by atoms with E-state index in [1.54, 1.807) is 4.90 Å². The Morgan fingerprint density at radius 3 is 2.55 bits per heavy atom. The third-order valence-electron chi connectivity index (χ3n) is 3.59. The highest BCUT2D eigenvalue weighted by Crippen LogP contribution is 2.35. The average molecular weight is 333 g/mol. The predicted molar refractivity (Wildman–Crippen MR) is 79.7 cm³/mol. The first-order chi connectivity index (χ1) is 10.2. The Morgan fingerprint density at radius 1 is 1.36 bits per heavy atom. The monoisotopic (exact) mass is 332 g/mol. The van der Waals surface area contributed by atoms with Crippen LogP contribution in [0.3, 0.4) is 0 Å². The number of halogens is 1. The van der Waals surface area contributed by atoms with E-state index in [1.165, 1.54) is 0 Å². The number of esters is 1. The van der Waals surface area contributed by atoms with Gasteiger partial charge in [-0.25, -0.2) is 9.59 Å². The van der Waals surface area contributed by atoms with Crippen LogP contribution in [0, 0.1) is 0 Å². The van der Waals surface area contributed by atoms with Gasteiger partial charge in [0.1, 0.15) is 11.2 Å². The van der Waals surface area contributed by atoms with Crippen molar-refractivity contribution in [3.63, 3.8) is 0 Å². The maximum atomic E-state index is 12.0. The van der Waals surface area contributed by atoms with E-state index in [1.807, 2.05) is 20.8 Å². The van der Waals surface area contributed by atoms with Gasteiger partial charge in [0.25, 0.3) is 0 Å². The number of carbonyl (C=O) groups excluding carboxylic acids is 2. The second-order valence-electron chi connectivity index (χ2n) is 6.50. The lowest BCUT2D eigenvalue weighted by Gasteiger charge is -2.37. The van der Waals surface area contributed by atoms with Gasteiger partial charge in [-0.05, 0) is 20.8 Å². The minimum Gasteiger partial charge on any atom is -0.445 e. The number of hydrogen-bond acceptors (Lipinski definition) is 6. The van der Waals surface area contributed by atoms with Crippen LogP contribution in [-0.2, 0) is 19.1 Å². The fourth-order valence-corrected chi connectivity index (χ4v) is 2.55. The highest BCUT2D eigenvalue weighted by Gasteiger charge is 2.45. The second kappa shape index (κ2) is 6.32. The number of hydrogen-bond donors (Lipinski definition) is 0. The zero-order valence-corrected chi connectivity index (χ0v) is 13.8. The lowest BCUT2D eigenvalue weighted by molar-refractivity contribution is -0.133. The molecule has 8 heteroatoms. The van der Waals surface area contributed by atoms with Crippen LogP contribution in [0.15, 0.2) is 5.16 Å². The van der Waals surface area contributed by atoms with Gasteiger partial charge in [0.15, 0.2) is 11.8 Å². The summed E-state index contributed by atoms with van der Waals surface area (Å²) < 4.78 is 10.1. The fourth-order valence-electron chi connectivity index (χ4n) is 2.46. The lowest BCUT2D eigenvalue weighted by Crippen LogP contribution is -2.48.